The molecule has 2 aromatic carbocycles. The first-order valence-corrected chi connectivity index (χ1v) is 11.6. The van der Waals surface area contributed by atoms with E-state index in [-0.39, 0.29) is 19.3 Å². The summed E-state index contributed by atoms with van der Waals surface area (Å²) in [6.07, 6.45) is 3.34. The fourth-order valence-corrected chi connectivity index (χ4v) is 6.17. The molecular weight excluding hydrogens is 462 g/mol. The van der Waals surface area contributed by atoms with Gasteiger partial charge in [-0.1, -0.05) is 23.7 Å². The third-order valence-corrected chi connectivity index (χ3v) is 7.74. The van der Waals surface area contributed by atoms with Crippen LogP contribution in [-0.4, -0.2) is 19.3 Å². The second-order valence-electron chi connectivity index (χ2n) is 8.20. The highest BCUT2D eigenvalue weighted by molar-refractivity contribution is 7.16. The molecule has 0 fully saturated rings. The van der Waals surface area contributed by atoms with Gasteiger partial charge in [-0.05, 0) is 35.9 Å². The zero-order chi connectivity index (χ0) is 22.2. The van der Waals surface area contributed by atoms with Gasteiger partial charge in [0.2, 0.25) is 12.7 Å². The smallest absolute Gasteiger partial charge is 0.246 e. The molecule has 4 aromatic rings. The molecule has 0 bridgehead atoms. The van der Waals surface area contributed by atoms with Gasteiger partial charge >= 0.3 is 0 Å². The maximum atomic E-state index is 14.3. The van der Waals surface area contributed by atoms with Gasteiger partial charge in [0.15, 0.2) is 11.5 Å². The van der Waals surface area contributed by atoms with Crippen molar-refractivity contribution < 1.29 is 23.4 Å². The molecule has 0 saturated heterocycles. The summed E-state index contributed by atoms with van der Waals surface area (Å²) >= 11 is 7.65. The topological polar surface area (TPSA) is 61.1 Å². The molecule has 1 spiro atoms. The molecule has 0 saturated carbocycles. The molecule has 5 heterocycles. The number of carbonyl (C=O) groups is 1. The second kappa shape index (κ2) is 6.79. The fourth-order valence-electron chi connectivity index (χ4n) is 5.09. The number of ether oxygens (including phenoxy) is 3. The molecule has 0 aliphatic carbocycles. The Morgan fingerprint density at radius 1 is 1.03 bits per heavy atom. The highest BCUT2D eigenvalue weighted by Gasteiger charge is 2.58. The number of hydrogen-bond acceptors (Lipinski definition) is 6. The highest BCUT2D eigenvalue weighted by Crippen LogP contribution is 2.57. The van der Waals surface area contributed by atoms with Gasteiger partial charge in [0, 0.05) is 33.3 Å². The van der Waals surface area contributed by atoms with Crippen molar-refractivity contribution in [3.8, 4) is 28.4 Å². The predicted molar refractivity (Wildman–Crippen MR) is 124 cm³/mol. The third kappa shape index (κ3) is 2.57. The van der Waals surface area contributed by atoms with E-state index in [0.29, 0.717) is 28.1 Å². The number of halogens is 1. The largest absolute Gasteiger partial charge is 0.491 e. The van der Waals surface area contributed by atoms with E-state index in [2.05, 4.69) is 0 Å². The number of anilines is 1. The Bertz CT molecular complexity index is 1430. The number of hydrogen-bond donors (Lipinski definition) is 0. The summed E-state index contributed by atoms with van der Waals surface area (Å²) in [4.78, 5) is 17.2. The Morgan fingerprint density at radius 2 is 1.91 bits per heavy atom. The SMILES string of the molecule is O=C1N(Cc2ccc(Cl)s2)c2cccc(-c3ccoc3)c2C12COc1cc3c(cc12)OCO3. The number of nitrogens with zero attached hydrogens (tertiary/aromatic N) is 1. The first kappa shape index (κ1) is 19.1. The van der Waals surface area contributed by atoms with Crippen molar-refractivity contribution in [3.05, 3.63) is 81.4 Å². The Morgan fingerprint density at radius 3 is 2.70 bits per heavy atom. The number of rotatable bonds is 3. The summed E-state index contributed by atoms with van der Waals surface area (Å²) in [5.74, 6) is 1.86. The van der Waals surface area contributed by atoms with Crippen molar-refractivity contribution in [1.29, 1.82) is 0 Å². The number of thiophene rings is 1. The summed E-state index contributed by atoms with van der Waals surface area (Å²) in [5.41, 5.74) is 3.42. The molecule has 1 atom stereocenters. The lowest BCUT2D eigenvalue weighted by Gasteiger charge is -2.24. The van der Waals surface area contributed by atoms with Crippen LogP contribution < -0.4 is 19.1 Å². The Balaban J connectivity index is 1.48. The van der Waals surface area contributed by atoms with Crippen LogP contribution in [0.3, 0.4) is 0 Å². The van der Waals surface area contributed by atoms with E-state index in [0.717, 1.165) is 32.8 Å². The third-order valence-electron chi connectivity index (χ3n) is 6.52. The zero-order valence-corrected chi connectivity index (χ0v) is 18.7. The van der Waals surface area contributed by atoms with Crippen LogP contribution in [0.5, 0.6) is 17.2 Å². The number of amides is 1. The minimum Gasteiger partial charge on any atom is -0.491 e. The highest BCUT2D eigenvalue weighted by atomic mass is 35.5. The van der Waals surface area contributed by atoms with Gasteiger partial charge in [0.25, 0.3) is 0 Å². The molecule has 0 radical (unpaired) electrons. The Kier molecular flexibility index (Phi) is 3.93. The van der Waals surface area contributed by atoms with Gasteiger partial charge in [-0.25, -0.2) is 0 Å². The Hall–Kier alpha value is -3.42. The molecule has 3 aliphatic rings. The number of benzene rings is 2. The molecule has 1 amide bonds. The van der Waals surface area contributed by atoms with Crippen LogP contribution in [0.1, 0.15) is 16.0 Å². The normalized spacial score (nSPS) is 19.8. The Labute approximate surface area is 197 Å². The van der Waals surface area contributed by atoms with Gasteiger partial charge in [-0.2, -0.15) is 0 Å². The lowest BCUT2D eigenvalue weighted by molar-refractivity contribution is -0.122. The number of fused-ring (bicyclic) bond motifs is 5. The van der Waals surface area contributed by atoms with E-state index in [1.807, 2.05) is 53.4 Å². The van der Waals surface area contributed by atoms with Crippen molar-refractivity contribution >= 4 is 34.5 Å². The molecule has 0 N–H and O–H groups in total. The number of carbonyl (C=O) groups excluding carboxylic acids is 1. The van der Waals surface area contributed by atoms with Gasteiger partial charge in [-0.3, -0.25) is 4.79 Å². The first-order valence-electron chi connectivity index (χ1n) is 10.4. The lowest BCUT2D eigenvalue weighted by atomic mass is 9.74. The molecule has 33 heavy (non-hydrogen) atoms. The van der Waals surface area contributed by atoms with Crippen molar-refractivity contribution in [3.63, 3.8) is 0 Å². The van der Waals surface area contributed by atoms with E-state index < -0.39 is 5.41 Å². The standard InChI is InChI=1S/C25H16ClNO5S/c26-22-5-4-15(33-22)10-27-18-3-1-2-16(14-6-7-29-11-14)23(18)25(24(27)28)12-30-19-9-21-20(8-17(19)25)31-13-32-21/h1-9,11H,10,12-13H2. The molecule has 2 aromatic heterocycles. The van der Waals surface area contributed by atoms with Crippen LogP contribution in [-0.2, 0) is 16.8 Å². The van der Waals surface area contributed by atoms with Crippen LogP contribution in [0.25, 0.3) is 11.1 Å². The molecular formula is C25H16ClNO5S. The monoisotopic (exact) mass is 477 g/mol. The summed E-state index contributed by atoms with van der Waals surface area (Å²) in [6, 6.07) is 15.4. The van der Waals surface area contributed by atoms with Gasteiger partial charge < -0.3 is 23.5 Å². The molecule has 7 rings (SSSR count). The minimum absolute atomic E-state index is 0.0319. The maximum absolute atomic E-state index is 14.3. The van der Waals surface area contributed by atoms with E-state index in [1.54, 1.807) is 12.5 Å². The first-order chi connectivity index (χ1) is 16.1. The van der Waals surface area contributed by atoms with Crippen LogP contribution in [0.15, 0.2) is 65.5 Å². The van der Waals surface area contributed by atoms with Crippen molar-refractivity contribution in [2.75, 3.05) is 18.3 Å². The summed E-state index contributed by atoms with van der Waals surface area (Å²) in [6.45, 7) is 0.786. The average Bonchev–Trinajstić information content (AvgIpc) is 3.64. The fraction of sp³-hybridized carbons (Fsp3) is 0.160. The van der Waals surface area contributed by atoms with E-state index in [4.69, 9.17) is 30.2 Å². The minimum atomic E-state index is -0.999. The summed E-state index contributed by atoms with van der Waals surface area (Å²) in [7, 11) is 0. The molecule has 3 aliphatic heterocycles. The van der Waals surface area contributed by atoms with E-state index in [1.165, 1.54) is 11.3 Å². The molecule has 6 nitrogen and oxygen atoms in total. The van der Waals surface area contributed by atoms with Crippen molar-refractivity contribution in [2.24, 2.45) is 0 Å². The molecule has 8 heteroatoms. The van der Waals surface area contributed by atoms with Crippen LogP contribution in [0, 0.1) is 0 Å². The maximum Gasteiger partial charge on any atom is 0.246 e. The predicted octanol–water partition coefficient (Wildman–Crippen LogP) is 5.62. The van der Waals surface area contributed by atoms with Gasteiger partial charge in [0.1, 0.15) is 17.8 Å². The van der Waals surface area contributed by atoms with Crippen LogP contribution in [0.4, 0.5) is 5.69 Å². The molecule has 1 unspecified atom stereocenters. The zero-order valence-electron chi connectivity index (χ0n) is 17.2. The average molecular weight is 478 g/mol. The second-order valence-corrected chi connectivity index (χ2v) is 10.0. The van der Waals surface area contributed by atoms with E-state index >= 15 is 0 Å². The van der Waals surface area contributed by atoms with Gasteiger partial charge in [0.05, 0.1) is 23.4 Å². The van der Waals surface area contributed by atoms with Gasteiger partial charge in [-0.15, -0.1) is 11.3 Å². The summed E-state index contributed by atoms with van der Waals surface area (Å²) < 4.78 is 23.4. The lowest BCUT2D eigenvalue weighted by Crippen LogP contribution is -2.42. The van der Waals surface area contributed by atoms with Crippen LogP contribution >= 0.6 is 22.9 Å². The van der Waals surface area contributed by atoms with Crippen molar-refractivity contribution in [2.45, 2.75) is 12.0 Å². The number of furan rings is 1. The van der Waals surface area contributed by atoms with Crippen molar-refractivity contribution in [1.82, 2.24) is 0 Å². The molecule has 164 valence electrons. The van der Waals surface area contributed by atoms with Crippen LogP contribution in [0.2, 0.25) is 4.34 Å². The van der Waals surface area contributed by atoms with E-state index in [9.17, 15) is 4.79 Å². The quantitative estimate of drug-likeness (QED) is 0.383. The summed E-state index contributed by atoms with van der Waals surface area (Å²) in [5, 5.41) is 0.